The fourth-order valence-electron chi connectivity index (χ4n) is 1.94. The standard InChI is InChI=1S/C16H21N3O4S2/c1-9(2)8-24-16-19-18-15(25-16)17-14(20)10-6-11(21-3)13(23-5)12(7-10)22-4/h6-7,9H,8H2,1-5H3,(H,17,18,20). The van der Waals surface area contributed by atoms with Gasteiger partial charge in [0.05, 0.1) is 21.3 Å². The summed E-state index contributed by atoms with van der Waals surface area (Å²) in [5.41, 5.74) is 0.376. The number of rotatable bonds is 8. The van der Waals surface area contributed by atoms with Gasteiger partial charge in [-0.2, -0.15) is 0 Å². The zero-order valence-corrected chi connectivity index (χ0v) is 16.4. The van der Waals surface area contributed by atoms with E-state index in [4.69, 9.17) is 14.2 Å². The fraction of sp³-hybridized carbons (Fsp3) is 0.438. The highest BCUT2D eigenvalue weighted by molar-refractivity contribution is 8.01. The van der Waals surface area contributed by atoms with Crippen LogP contribution in [0.25, 0.3) is 0 Å². The van der Waals surface area contributed by atoms with Crippen LogP contribution in [0.2, 0.25) is 0 Å². The summed E-state index contributed by atoms with van der Waals surface area (Å²) in [5.74, 6) is 2.46. The molecule has 1 amide bonds. The fourth-order valence-corrected chi connectivity index (χ4v) is 3.66. The first-order valence-electron chi connectivity index (χ1n) is 7.56. The van der Waals surface area contributed by atoms with Gasteiger partial charge in [-0.05, 0) is 18.1 Å². The van der Waals surface area contributed by atoms with Crippen LogP contribution in [0.15, 0.2) is 16.5 Å². The molecule has 136 valence electrons. The number of benzene rings is 1. The second kappa shape index (κ2) is 8.91. The van der Waals surface area contributed by atoms with Crippen LogP contribution in [0.3, 0.4) is 0 Å². The van der Waals surface area contributed by atoms with E-state index in [0.29, 0.717) is 33.9 Å². The normalized spacial score (nSPS) is 10.6. The van der Waals surface area contributed by atoms with Gasteiger partial charge >= 0.3 is 0 Å². The molecule has 0 atom stereocenters. The molecule has 1 N–H and O–H groups in total. The number of carbonyl (C=O) groups is 1. The molecule has 0 saturated carbocycles. The summed E-state index contributed by atoms with van der Waals surface area (Å²) < 4.78 is 16.6. The van der Waals surface area contributed by atoms with Crippen molar-refractivity contribution >= 4 is 34.1 Å². The van der Waals surface area contributed by atoms with Gasteiger partial charge in [-0.3, -0.25) is 10.1 Å². The third-order valence-corrected chi connectivity index (χ3v) is 5.49. The van der Waals surface area contributed by atoms with Gasteiger partial charge in [0.15, 0.2) is 15.8 Å². The molecule has 1 aromatic heterocycles. The van der Waals surface area contributed by atoms with E-state index in [0.717, 1.165) is 10.1 Å². The number of nitrogens with zero attached hydrogens (tertiary/aromatic N) is 2. The summed E-state index contributed by atoms with van der Waals surface area (Å²) in [7, 11) is 4.52. The van der Waals surface area contributed by atoms with Crippen LogP contribution in [0.1, 0.15) is 24.2 Å². The first-order chi connectivity index (χ1) is 12.0. The predicted octanol–water partition coefficient (Wildman–Crippen LogP) is 3.56. The molecular weight excluding hydrogens is 362 g/mol. The minimum atomic E-state index is -0.323. The predicted molar refractivity (Wildman–Crippen MR) is 99.5 cm³/mol. The lowest BCUT2D eigenvalue weighted by Gasteiger charge is -2.13. The lowest BCUT2D eigenvalue weighted by molar-refractivity contribution is 0.102. The van der Waals surface area contributed by atoms with Gasteiger partial charge in [0.2, 0.25) is 10.9 Å². The van der Waals surface area contributed by atoms with Gasteiger partial charge in [-0.15, -0.1) is 10.2 Å². The minimum absolute atomic E-state index is 0.323. The van der Waals surface area contributed by atoms with Gasteiger partial charge in [-0.1, -0.05) is 36.9 Å². The van der Waals surface area contributed by atoms with Crippen molar-refractivity contribution in [2.24, 2.45) is 5.92 Å². The third-order valence-electron chi connectivity index (χ3n) is 3.09. The molecular formula is C16H21N3O4S2. The molecule has 0 aliphatic carbocycles. The van der Waals surface area contributed by atoms with Crippen molar-refractivity contribution in [3.63, 3.8) is 0 Å². The van der Waals surface area contributed by atoms with Crippen molar-refractivity contribution in [3.8, 4) is 17.2 Å². The Morgan fingerprint density at radius 1 is 1.16 bits per heavy atom. The Kier molecular flexibility index (Phi) is 6.89. The Bertz CT molecular complexity index is 709. The summed E-state index contributed by atoms with van der Waals surface area (Å²) in [4.78, 5) is 12.5. The van der Waals surface area contributed by atoms with Gasteiger partial charge in [0, 0.05) is 11.3 Å². The molecule has 0 bridgehead atoms. The maximum Gasteiger partial charge on any atom is 0.257 e. The largest absolute Gasteiger partial charge is 0.493 e. The summed E-state index contributed by atoms with van der Waals surface area (Å²) >= 11 is 2.97. The molecule has 2 rings (SSSR count). The van der Waals surface area contributed by atoms with Crippen molar-refractivity contribution in [1.82, 2.24) is 10.2 Å². The molecule has 0 spiro atoms. The number of amides is 1. The molecule has 1 heterocycles. The maximum atomic E-state index is 12.5. The van der Waals surface area contributed by atoms with Crippen LogP contribution in [-0.2, 0) is 0 Å². The zero-order chi connectivity index (χ0) is 18.4. The molecule has 0 radical (unpaired) electrons. The molecule has 0 unspecified atom stereocenters. The van der Waals surface area contributed by atoms with E-state index in [-0.39, 0.29) is 5.91 Å². The second-order valence-electron chi connectivity index (χ2n) is 5.45. The number of anilines is 1. The van der Waals surface area contributed by atoms with Crippen molar-refractivity contribution in [2.75, 3.05) is 32.4 Å². The highest BCUT2D eigenvalue weighted by atomic mass is 32.2. The number of thioether (sulfide) groups is 1. The molecule has 0 saturated heterocycles. The number of hydrogen-bond donors (Lipinski definition) is 1. The SMILES string of the molecule is COc1cc(C(=O)Nc2nnc(SCC(C)C)s2)cc(OC)c1OC. The van der Waals surface area contributed by atoms with Crippen molar-refractivity contribution in [3.05, 3.63) is 17.7 Å². The van der Waals surface area contributed by atoms with Gasteiger partial charge < -0.3 is 14.2 Å². The minimum Gasteiger partial charge on any atom is -0.493 e. The van der Waals surface area contributed by atoms with E-state index in [1.807, 2.05) is 0 Å². The Morgan fingerprint density at radius 2 is 1.80 bits per heavy atom. The van der Waals surface area contributed by atoms with Crippen LogP contribution in [0.5, 0.6) is 17.2 Å². The molecule has 0 fully saturated rings. The average Bonchev–Trinajstić information content (AvgIpc) is 3.05. The molecule has 1 aromatic carbocycles. The monoisotopic (exact) mass is 383 g/mol. The molecule has 7 nitrogen and oxygen atoms in total. The number of methoxy groups -OCH3 is 3. The Labute approximate surface area is 155 Å². The smallest absolute Gasteiger partial charge is 0.257 e. The molecule has 9 heteroatoms. The number of ether oxygens (including phenoxy) is 3. The lowest BCUT2D eigenvalue weighted by Crippen LogP contribution is -2.12. The van der Waals surface area contributed by atoms with E-state index in [1.54, 1.807) is 23.9 Å². The van der Waals surface area contributed by atoms with Crippen LogP contribution >= 0.6 is 23.1 Å². The van der Waals surface area contributed by atoms with E-state index in [2.05, 4.69) is 29.4 Å². The first-order valence-corrected chi connectivity index (χ1v) is 9.36. The highest BCUT2D eigenvalue weighted by Gasteiger charge is 2.18. The zero-order valence-electron chi connectivity index (χ0n) is 14.8. The number of hydrogen-bond acceptors (Lipinski definition) is 8. The topological polar surface area (TPSA) is 82.6 Å². The highest BCUT2D eigenvalue weighted by Crippen LogP contribution is 2.38. The summed E-state index contributed by atoms with van der Waals surface area (Å²) in [6.07, 6.45) is 0. The van der Waals surface area contributed by atoms with E-state index in [1.165, 1.54) is 32.7 Å². The van der Waals surface area contributed by atoms with Crippen LogP contribution < -0.4 is 19.5 Å². The second-order valence-corrected chi connectivity index (χ2v) is 7.69. The van der Waals surface area contributed by atoms with Gasteiger partial charge in [0.1, 0.15) is 0 Å². The first kappa shape index (κ1) is 19.3. The van der Waals surface area contributed by atoms with E-state index in [9.17, 15) is 4.79 Å². The van der Waals surface area contributed by atoms with Crippen molar-refractivity contribution in [1.29, 1.82) is 0 Å². The number of aromatic nitrogens is 2. The molecule has 25 heavy (non-hydrogen) atoms. The summed E-state index contributed by atoms with van der Waals surface area (Å²) in [5, 5.41) is 11.3. The molecule has 0 aliphatic rings. The van der Waals surface area contributed by atoms with Crippen molar-refractivity contribution < 1.29 is 19.0 Å². The van der Waals surface area contributed by atoms with Crippen LogP contribution in [0.4, 0.5) is 5.13 Å². The summed E-state index contributed by atoms with van der Waals surface area (Å²) in [6.45, 7) is 4.28. The van der Waals surface area contributed by atoms with Crippen LogP contribution in [0, 0.1) is 5.92 Å². The van der Waals surface area contributed by atoms with E-state index < -0.39 is 0 Å². The van der Waals surface area contributed by atoms with Gasteiger partial charge in [-0.25, -0.2) is 0 Å². The van der Waals surface area contributed by atoms with Crippen LogP contribution in [-0.4, -0.2) is 43.2 Å². The van der Waals surface area contributed by atoms with Crippen molar-refractivity contribution in [2.45, 2.75) is 18.2 Å². The van der Waals surface area contributed by atoms with Gasteiger partial charge in [0.25, 0.3) is 5.91 Å². The lowest BCUT2D eigenvalue weighted by atomic mass is 10.1. The molecule has 0 aliphatic heterocycles. The number of nitrogens with one attached hydrogen (secondary N) is 1. The van der Waals surface area contributed by atoms with E-state index >= 15 is 0 Å². The Hall–Kier alpha value is -2.00. The Morgan fingerprint density at radius 3 is 2.32 bits per heavy atom. The maximum absolute atomic E-state index is 12.5. The third kappa shape index (κ3) is 4.99. The molecule has 2 aromatic rings. The quantitative estimate of drug-likeness (QED) is 0.551. The summed E-state index contributed by atoms with van der Waals surface area (Å²) in [6, 6.07) is 3.18. The number of carbonyl (C=O) groups excluding carboxylic acids is 1. The average molecular weight is 383 g/mol. The Balaban J connectivity index is 2.15.